The Morgan fingerprint density at radius 1 is 1.44 bits per heavy atom. The maximum absolute atomic E-state index is 10.6. The first kappa shape index (κ1) is 14.1. The fraction of sp³-hybridized carbons (Fsp3) is 0.357. The number of aliphatic carboxylic acids is 1. The second-order valence-corrected chi connectivity index (χ2v) is 4.31. The van der Waals surface area contributed by atoms with Crippen molar-refractivity contribution >= 4 is 11.7 Å². The molecule has 2 N–H and O–H groups in total. The van der Waals surface area contributed by atoms with E-state index in [0.717, 1.165) is 23.4 Å². The molecule has 0 unspecified atom stereocenters. The van der Waals surface area contributed by atoms with E-state index in [9.17, 15) is 9.90 Å². The average molecular weight is 249 g/mol. The van der Waals surface area contributed by atoms with Gasteiger partial charge in [-0.25, -0.2) is 4.79 Å². The molecule has 1 aromatic rings. The van der Waals surface area contributed by atoms with Gasteiger partial charge in [0.05, 0.1) is 0 Å². The van der Waals surface area contributed by atoms with Crippen molar-refractivity contribution in [2.45, 2.75) is 20.8 Å². The number of hydrogen-bond donors (Lipinski definition) is 2. The van der Waals surface area contributed by atoms with Crippen LogP contribution in [0.5, 0.6) is 5.75 Å². The molecule has 0 bridgehead atoms. The zero-order valence-electron chi connectivity index (χ0n) is 11.0. The molecule has 0 aliphatic heterocycles. The van der Waals surface area contributed by atoms with Gasteiger partial charge >= 0.3 is 5.97 Å². The first-order chi connectivity index (χ1) is 8.43. The Bertz CT molecular complexity index is 466. The highest BCUT2D eigenvalue weighted by molar-refractivity contribution is 5.80. The molecule has 98 valence electrons. The maximum Gasteiger partial charge on any atom is 0.328 e. The molecule has 0 fully saturated rings. The van der Waals surface area contributed by atoms with E-state index in [1.54, 1.807) is 19.1 Å². The molecule has 0 spiro atoms. The van der Waals surface area contributed by atoms with Crippen LogP contribution >= 0.6 is 0 Å². The van der Waals surface area contributed by atoms with Crippen LogP contribution in [0, 0.1) is 6.92 Å². The van der Waals surface area contributed by atoms with Gasteiger partial charge in [-0.3, -0.25) is 0 Å². The van der Waals surface area contributed by atoms with Gasteiger partial charge in [0, 0.05) is 30.9 Å². The molecule has 4 nitrogen and oxygen atoms in total. The largest absolute Gasteiger partial charge is 0.508 e. The normalized spacial score (nSPS) is 11.4. The third-order valence-corrected chi connectivity index (χ3v) is 2.73. The Morgan fingerprint density at radius 3 is 2.67 bits per heavy atom. The fourth-order valence-corrected chi connectivity index (χ4v) is 1.86. The van der Waals surface area contributed by atoms with Crippen molar-refractivity contribution in [1.82, 2.24) is 0 Å². The van der Waals surface area contributed by atoms with E-state index in [-0.39, 0.29) is 5.75 Å². The SMILES string of the molecule is CCN(C/C(C)=C/C(=O)O)c1cc(O)ccc1C. The molecule has 0 atom stereocenters. The van der Waals surface area contributed by atoms with Gasteiger partial charge in [-0.2, -0.15) is 0 Å². The van der Waals surface area contributed by atoms with Gasteiger partial charge in [-0.1, -0.05) is 6.07 Å². The van der Waals surface area contributed by atoms with Crippen LogP contribution in [0.15, 0.2) is 29.8 Å². The number of hydrogen-bond acceptors (Lipinski definition) is 3. The first-order valence-electron chi connectivity index (χ1n) is 5.88. The quantitative estimate of drug-likeness (QED) is 0.787. The lowest BCUT2D eigenvalue weighted by molar-refractivity contribution is -0.131. The minimum Gasteiger partial charge on any atom is -0.508 e. The van der Waals surface area contributed by atoms with Crippen LogP contribution in [0.4, 0.5) is 5.69 Å². The highest BCUT2D eigenvalue weighted by Crippen LogP contribution is 2.25. The lowest BCUT2D eigenvalue weighted by atomic mass is 10.1. The number of anilines is 1. The molecular weight excluding hydrogens is 230 g/mol. The van der Waals surface area contributed by atoms with Crippen LogP contribution in [0.2, 0.25) is 0 Å². The van der Waals surface area contributed by atoms with Crippen molar-refractivity contribution < 1.29 is 15.0 Å². The smallest absolute Gasteiger partial charge is 0.328 e. The van der Waals surface area contributed by atoms with Crippen molar-refractivity contribution in [2.75, 3.05) is 18.0 Å². The molecule has 0 saturated carbocycles. The number of aromatic hydroxyl groups is 1. The molecule has 0 aliphatic carbocycles. The number of carbonyl (C=O) groups is 1. The van der Waals surface area contributed by atoms with E-state index in [0.29, 0.717) is 6.54 Å². The number of phenols is 1. The number of carboxylic acid groups (broad SMARTS) is 1. The number of rotatable bonds is 5. The summed E-state index contributed by atoms with van der Waals surface area (Å²) < 4.78 is 0. The molecule has 1 aromatic carbocycles. The molecule has 4 heteroatoms. The fourth-order valence-electron chi connectivity index (χ4n) is 1.86. The predicted octanol–water partition coefficient (Wildman–Crippen LogP) is 2.56. The molecule has 0 amide bonds. The molecule has 0 heterocycles. The summed E-state index contributed by atoms with van der Waals surface area (Å²) in [7, 11) is 0. The summed E-state index contributed by atoms with van der Waals surface area (Å²) in [6.45, 7) is 7.03. The maximum atomic E-state index is 10.6. The van der Waals surface area contributed by atoms with Gasteiger partial charge in [0.25, 0.3) is 0 Å². The first-order valence-corrected chi connectivity index (χ1v) is 5.88. The van der Waals surface area contributed by atoms with Crippen molar-refractivity contribution in [1.29, 1.82) is 0 Å². The van der Waals surface area contributed by atoms with Crippen LogP contribution in [-0.2, 0) is 4.79 Å². The van der Waals surface area contributed by atoms with Gasteiger partial charge in [-0.05, 0) is 38.0 Å². The Hall–Kier alpha value is -1.97. The molecule has 0 aromatic heterocycles. The molecule has 0 saturated heterocycles. The lowest BCUT2D eigenvalue weighted by Gasteiger charge is -2.25. The summed E-state index contributed by atoms with van der Waals surface area (Å²) in [6.07, 6.45) is 1.21. The monoisotopic (exact) mass is 249 g/mol. The summed E-state index contributed by atoms with van der Waals surface area (Å²) in [6, 6.07) is 5.20. The Kier molecular flexibility index (Phi) is 4.77. The minimum atomic E-state index is -0.934. The topological polar surface area (TPSA) is 60.8 Å². The summed E-state index contributed by atoms with van der Waals surface area (Å²) in [5.74, 6) is -0.717. The van der Waals surface area contributed by atoms with E-state index in [1.807, 2.05) is 24.8 Å². The number of likely N-dealkylation sites (N-methyl/N-ethyl adjacent to an activating group) is 1. The number of carboxylic acids is 1. The number of nitrogens with zero attached hydrogens (tertiary/aromatic N) is 1. The van der Waals surface area contributed by atoms with Gasteiger partial charge < -0.3 is 15.1 Å². The average Bonchev–Trinajstić information content (AvgIpc) is 2.28. The van der Waals surface area contributed by atoms with Gasteiger partial charge in [0.2, 0.25) is 0 Å². The number of aryl methyl sites for hydroxylation is 1. The van der Waals surface area contributed by atoms with E-state index in [2.05, 4.69) is 0 Å². The highest BCUT2D eigenvalue weighted by atomic mass is 16.4. The molecule has 18 heavy (non-hydrogen) atoms. The number of phenolic OH excluding ortho intramolecular Hbond substituents is 1. The van der Waals surface area contributed by atoms with Crippen molar-refractivity contribution in [2.24, 2.45) is 0 Å². The van der Waals surface area contributed by atoms with Gasteiger partial charge in [-0.15, -0.1) is 0 Å². The van der Waals surface area contributed by atoms with Crippen molar-refractivity contribution in [3.8, 4) is 5.75 Å². The van der Waals surface area contributed by atoms with Crippen LogP contribution in [0.3, 0.4) is 0 Å². The third-order valence-electron chi connectivity index (χ3n) is 2.73. The van der Waals surface area contributed by atoms with E-state index in [4.69, 9.17) is 5.11 Å². The lowest BCUT2D eigenvalue weighted by Crippen LogP contribution is -2.25. The van der Waals surface area contributed by atoms with Crippen LogP contribution < -0.4 is 4.90 Å². The second kappa shape index (κ2) is 6.10. The van der Waals surface area contributed by atoms with Crippen LogP contribution in [-0.4, -0.2) is 29.3 Å². The molecule has 0 aliphatic rings. The predicted molar refractivity (Wildman–Crippen MR) is 72.1 cm³/mol. The summed E-state index contributed by atoms with van der Waals surface area (Å²) in [5, 5.41) is 18.2. The zero-order chi connectivity index (χ0) is 13.7. The third kappa shape index (κ3) is 3.80. The second-order valence-electron chi connectivity index (χ2n) is 4.31. The highest BCUT2D eigenvalue weighted by Gasteiger charge is 2.09. The standard InChI is InChI=1S/C14H19NO3/c1-4-15(9-10(2)7-14(17)18)13-8-12(16)6-5-11(13)3/h5-8,16H,4,9H2,1-3H3,(H,17,18)/b10-7+. The molecule has 0 radical (unpaired) electrons. The Morgan fingerprint density at radius 2 is 2.11 bits per heavy atom. The molecule has 1 rings (SSSR count). The van der Waals surface area contributed by atoms with Crippen molar-refractivity contribution in [3.63, 3.8) is 0 Å². The van der Waals surface area contributed by atoms with E-state index < -0.39 is 5.97 Å². The number of benzene rings is 1. The summed E-state index contributed by atoms with van der Waals surface area (Å²) in [4.78, 5) is 12.6. The Labute approximate surface area is 107 Å². The summed E-state index contributed by atoms with van der Waals surface area (Å²) >= 11 is 0. The van der Waals surface area contributed by atoms with E-state index in [1.165, 1.54) is 6.08 Å². The Balaban J connectivity index is 2.96. The van der Waals surface area contributed by atoms with E-state index >= 15 is 0 Å². The summed E-state index contributed by atoms with van der Waals surface area (Å²) in [5.41, 5.74) is 2.75. The zero-order valence-corrected chi connectivity index (χ0v) is 11.0. The van der Waals surface area contributed by atoms with Crippen LogP contribution in [0.1, 0.15) is 19.4 Å². The van der Waals surface area contributed by atoms with Gasteiger partial charge in [0.15, 0.2) is 0 Å². The minimum absolute atomic E-state index is 0.217. The van der Waals surface area contributed by atoms with Crippen LogP contribution in [0.25, 0.3) is 0 Å². The molecular formula is C14H19NO3. The van der Waals surface area contributed by atoms with Crippen molar-refractivity contribution in [3.05, 3.63) is 35.4 Å². The van der Waals surface area contributed by atoms with Gasteiger partial charge in [0.1, 0.15) is 5.75 Å².